The van der Waals surface area contributed by atoms with Gasteiger partial charge in [0.1, 0.15) is 6.10 Å². The van der Waals surface area contributed by atoms with Crippen LogP contribution in [0.2, 0.25) is 0 Å². The molecule has 0 heterocycles. The SMILES string of the molecule is C#C[C@@H](O)c1ccc(OC)c(OC)c1. The van der Waals surface area contributed by atoms with Crippen LogP contribution in [-0.2, 0) is 0 Å². The molecule has 14 heavy (non-hydrogen) atoms. The first-order valence-electron chi connectivity index (χ1n) is 4.09. The zero-order valence-corrected chi connectivity index (χ0v) is 8.15. The molecule has 0 saturated heterocycles. The van der Waals surface area contributed by atoms with Gasteiger partial charge in [-0.25, -0.2) is 0 Å². The Morgan fingerprint density at radius 1 is 1.29 bits per heavy atom. The third-order valence-electron chi connectivity index (χ3n) is 1.88. The summed E-state index contributed by atoms with van der Waals surface area (Å²) >= 11 is 0. The Balaban J connectivity index is 3.08. The molecule has 0 aliphatic carbocycles. The topological polar surface area (TPSA) is 38.7 Å². The average molecular weight is 192 g/mol. The van der Waals surface area contributed by atoms with Crippen molar-refractivity contribution in [3.05, 3.63) is 23.8 Å². The minimum absolute atomic E-state index is 0.555. The third-order valence-corrected chi connectivity index (χ3v) is 1.88. The summed E-state index contributed by atoms with van der Waals surface area (Å²) in [5.74, 6) is 3.40. The normalized spacial score (nSPS) is 11.6. The Hall–Kier alpha value is -1.66. The van der Waals surface area contributed by atoms with Crippen LogP contribution in [0.25, 0.3) is 0 Å². The van der Waals surface area contributed by atoms with Crippen molar-refractivity contribution < 1.29 is 14.6 Å². The Morgan fingerprint density at radius 3 is 2.43 bits per heavy atom. The van der Waals surface area contributed by atoms with E-state index in [-0.39, 0.29) is 0 Å². The van der Waals surface area contributed by atoms with Gasteiger partial charge in [0.05, 0.1) is 14.2 Å². The monoisotopic (exact) mass is 192 g/mol. The second-order valence-corrected chi connectivity index (χ2v) is 2.68. The van der Waals surface area contributed by atoms with Gasteiger partial charge in [-0.3, -0.25) is 0 Å². The lowest BCUT2D eigenvalue weighted by molar-refractivity contribution is 0.237. The molecule has 3 heteroatoms. The fraction of sp³-hybridized carbons (Fsp3) is 0.273. The second kappa shape index (κ2) is 4.54. The highest BCUT2D eigenvalue weighted by atomic mass is 16.5. The number of methoxy groups -OCH3 is 2. The Bertz CT molecular complexity index is 352. The Morgan fingerprint density at radius 2 is 1.93 bits per heavy atom. The van der Waals surface area contributed by atoms with E-state index < -0.39 is 6.10 Å². The molecular formula is C11H12O3. The van der Waals surface area contributed by atoms with Gasteiger partial charge >= 0.3 is 0 Å². The van der Waals surface area contributed by atoms with Gasteiger partial charge in [-0.1, -0.05) is 12.0 Å². The summed E-state index contributed by atoms with van der Waals surface area (Å²) in [5.41, 5.74) is 0.616. The van der Waals surface area contributed by atoms with Crippen molar-refractivity contribution in [2.24, 2.45) is 0 Å². The van der Waals surface area contributed by atoms with E-state index in [1.54, 1.807) is 25.3 Å². The Kier molecular flexibility index (Phi) is 3.38. The van der Waals surface area contributed by atoms with Gasteiger partial charge < -0.3 is 14.6 Å². The number of hydrogen-bond donors (Lipinski definition) is 1. The van der Waals surface area contributed by atoms with Gasteiger partial charge in [0.15, 0.2) is 11.5 Å². The maximum absolute atomic E-state index is 9.38. The van der Waals surface area contributed by atoms with E-state index in [1.807, 2.05) is 0 Å². The Labute approximate surface area is 83.3 Å². The van der Waals surface area contributed by atoms with Crippen LogP contribution < -0.4 is 9.47 Å². The fourth-order valence-corrected chi connectivity index (χ4v) is 1.12. The van der Waals surface area contributed by atoms with Crippen LogP contribution in [0.4, 0.5) is 0 Å². The molecule has 1 rings (SSSR count). The summed E-state index contributed by atoms with van der Waals surface area (Å²) in [5, 5.41) is 9.38. The van der Waals surface area contributed by atoms with Gasteiger partial charge in [-0.2, -0.15) is 0 Å². The van der Waals surface area contributed by atoms with Crippen LogP contribution in [0.3, 0.4) is 0 Å². The lowest BCUT2D eigenvalue weighted by Gasteiger charge is -2.10. The molecule has 0 radical (unpaired) electrons. The predicted molar refractivity (Wildman–Crippen MR) is 53.3 cm³/mol. The highest BCUT2D eigenvalue weighted by Gasteiger charge is 2.08. The standard InChI is InChI=1S/C11H12O3/c1-4-9(12)8-5-6-10(13-2)11(7-8)14-3/h1,5-7,9,12H,2-3H3/t9-/m1/s1. The summed E-state index contributed by atoms with van der Waals surface area (Å²) in [4.78, 5) is 0. The fourth-order valence-electron chi connectivity index (χ4n) is 1.12. The summed E-state index contributed by atoms with van der Waals surface area (Å²) in [7, 11) is 3.08. The van der Waals surface area contributed by atoms with Crippen molar-refractivity contribution in [2.45, 2.75) is 6.10 Å². The zero-order valence-electron chi connectivity index (χ0n) is 8.15. The number of hydrogen-bond acceptors (Lipinski definition) is 3. The molecule has 74 valence electrons. The first-order chi connectivity index (χ1) is 6.72. The number of aliphatic hydroxyl groups excluding tert-OH is 1. The number of aliphatic hydroxyl groups is 1. The molecule has 1 aromatic rings. The van der Waals surface area contributed by atoms with E-state index in [0.717, 1.165) is 0 Å². The van der Waals surface area contributed by atoms with Crippen molar-refractivity contribution in [1.82, 2.24) is 0 Å². The van der Waals surface area contributed by atoms with Gasteiger partial charge in [-0.15, -0.1) is 6.42 Å². The van der Waals surface area contributed by atoms with Crippen LogP contribution in [0.15, 0.2) is 18.2 Å². The molecule has 0 unspecified atom stereocenters. The smallest absolute Gasteiger partial charge is 0.161 e. The van der Waals surface area contributed by atoms with E-state index in [1.165, 1.54) is 7.11 Å². The highest BCUT2D eigenvalue weighted by Crippen LogP contribution is 2.29. The van der Waals surface area contributed by atoms with Gasteiger partial charge in [0.2, 0.25) is 0 Å². The predicted octanol–water partition coefficient (Wildman–Crippen LogP) is 1.37. The quantitative estimate of drug-likeness (QED) is 0.735. The minimum Gasteiger partial charge on any atom is -0.493 e. The molecule has 0 fully saturated rings. The van der Waals surface area contributed by atoms with Crippen LogP contribution >= 0.6 is 0 Å². The number of terminal acetylenes is 1. The first kappa shape index (κ1) is 10.4. The van der Waals surface area contributed by atoms with E-state index in [4.69, 9.17) is 15.9 Å². The lowest BCUT2D eigenvalue weighted by atomic mass is 10.1. The van der Waals surface area contributed by atoms with Crippen LogP contribution in [0.1, 0.15) is 11.7 Å². The van der Waals surface area contributed by atoms with Crippen molar-refractivity contribution >= 4 is 0 Å². The molecule has 0 amide bonds. The largest absolute Gasteiger partial charge is 0.493 e. The second-order valence-electron chi connectivity index (χ2n) is 2.68. The van der Waals surface area contributed by atoms with E-state index in [9.17, 15) is 5.11 Å². The molecule has 0 spiro atoms. The molecule has 0 aliphatic rings. The molecule has 1 atom stereocenters. The average Bonchev–Trinajstić information content (AvgIpc) is 2.26. The molecule has 0 aliphatic heterocycles. The first-order valence-corrected chi connectivity index (χ1v) is 4.09. The maximum Gasteiger partial charge on any atom is 0.161 e. The summed E-state index contributed by atoms with van der Waals surface area (Å²) in [6, 6.07) is 5.06. The number of rotatable bonds is 3. The van der Waals surface area contributed by atoms with E-state index >= 15 is 0 Å². The number of benzene rings is 1. The lowest BCUT2D eigenvalue weighted by Crippen LogP contribution is -1.96. The minimum atomic E-state index is -0.908. The number of ether oxygens (including phenoxy) is 2. The van der Waals surface area contributed by atoms with Gasteiger partial charge in [0.25, 0.3) is 0 Å². The van der Waals surface area contributed by atoms with Crippen molar-refractivity contribution in [1.29, 1.82) is 0 Å². The van der Waals surface area contributed by atoms with Crippen molar-refractivity contribution in [3.8, 4) is 23.8 Å². The van der Waals surface area contributed by atoms with Crippen LogP contribution in [0, 0.1) is 12.3 Å². The molecule has 1 N–H and O–H groups in total. The maximum atomic E-state index is 9.38. The summed E-state index contributed by atoms with van der Waals surface area (Å²) < 4.78 is 10.1. The molecular weight excluding hydrogens is 180 g/mol. The van der Waals surface area contributed by atoms with E-state index in [2.05, 4.69) is 5.92 Å². The highest BCUT2D eigenvalue weighted by molar-refractivity contribution is 5.44. The van der Waals surface area contributed by atoms with Crippen molar-refractivity contribution in [2.75, 3.05) is 14.2 Å². The summed E-state index contributed by atoms with van der Waals surface area (Å²) in [6.07, 6.45) is 4.19. The molecule has 0 aromatic heterocycles. The molecule has 0 bridgehead atoms. The van der Waals surface area contributed by atoms with Crippen molar-refractivity contribution in [3.63, 3.8) is 0 Å². The molecule has 1 aromatic carbocycles. The van der Waals surface area contributed by atoms with Gasteiger partial charge in [0, 0.05) is 0 Å². The van der Waals surface area contributed by atoms with Crippen LogP contribution in [0.5, 0.6) is 11.5 Å². The van der Waals surface area contributed by atoms with E-state index in [0.29, 0.717) is 17.1 Å². The molecule has 0 saturated carbocycles. The van der Waals surface area contributed by atoms with Gasteiger partial charge in [-0.05, 0) is 17.7 Å². The van der Waals surface area contributed by atoms with Crippen LogP contribution in [-0.4, -0.2) is 19.3 Å². The molecule has 3 nitrogen and oxygen atoms in total. The third kappa shape index (κ3) is 1.98. The zero-order chi connectivity index (χ0) is 10.6. The summed E-state index contributed by atoms with van der Waals surface area (Å²) in [6.45, 7) is 0.